The number of aryl methyl sites for hydroxylation is 1. The monoisotopic (exact) mass is 510 g/mol. The molecule has 3 aromatic rings. The number of nitriles is 1. The number of carbonyl (C=O) groups excluding carboxylic acids is 1. The van der Waals surface area contributed by atoms with Gasteiger partial charge in [-0.3, -0.25) is 19.1 Å². The summed E-state index contributed by atoms with van der Waals surface area (Å²) in [6.45, 7) is 11.1. The highest BCUT2D eigenvalue weighted by molar-refractivity contribution is 6.41. The summed E-state index contributed by atoms with van der Waals surface area (Å²) in [5.74, 6) is -0.148. The van der Waals surface area contributed by atoms with Crippen LogP contribution in [0.1, 0.15) is 36.6 Å². The largest absolute Gasteiger partial charge is 0.366 e. The number of hydrogen-bond donors (Lipinski definition) is 0. The molecule has 0 radical (unpaired) electrons. The summed E-state index contributed by atoms with van der Waals surface area (Å²) in [6, 6.07) is 5.57. The number of anilines is 1. The third-order valence-electron chi connectivity index (χ3n) is 6.15. The smallest absolute Gasteiger partial charge is 0.276 e. The van der Waals surface area contributed by atoms with Crippen molar-refractivity contribution in [1.29, 1.82) is 5.26 Å². The lowest BCUT2D eigenvalue weighted by atomic mass is 10.0. The van der Waals surface area contributed by atoms with Gasteiger partial charge in [-0.2, -0.15) is 5.26 Å². The van der Waals surface area contributed by atoms with Crippen molar-refractivity contribution in [3.63, 3.8) is 0 Å². The minimum Gasteiger partial charge on any atom is -0.366 e. The zero-order valence-corrected chi connectivity index (χ0v) is 21.2. The van der Waals surface area contributed by atoms with Crippen molar-refractivity contribution in [2.45, 2.75) is 26.7 Å². The molecule has 8 nitrogen and oxygen atoms in total. The maximum atomic E-state index is 13.9. The Kier molecular flexibility index (Phi) is 6.84. The molecule has 0 N–H and O–H groups in total. The van der Waals surface area contributed by atoms with E-state index in [1.165, 1.54) is 10.6 Å². The predicted molar refractivity (Wildman–Crippen MR) is 138 cm³/mol. The van der Waals surface area contributed by atoms with E-state index in [4.69, 9.17) is 23.2 Å². The number of hydrogen-bond acceptors (Lipinski definition) is 6. The number of rotatable bonds is 4. The van der Waals surface area contributed by atoms with E-state index < -0.39 is 5.56 Å². The van der Waals surface area contributed by atoms with Crippen LogP contribution in [0.3, 0.4) is 0 Å². The second-order valence-electron chi connectivity index (χ2n) is 8.64. The predicted octanol–water partition coefficient (Wildman–Crippen LogP) is 4.23. The molecular formula is C25H24Cl2N6O2. The summed E-state index contributed by atoms with van der Waals surface area (Å²) < 4.78 is 1.43. The Morgan fingerprint density at radius 2 is 1.91 bits per heavy atom. The Morgan fingerprint density at radius 1 is 1.23 bits per heavy atom. The molecule has 1 aliphatic heterocycles. The molecular weight excluding hydrogens is 487 g/mol. The zero-order chi connectivity index (χ0) is 25.4. The summed E-state index contributed by atoms with van der Waals surface area (Å²) in [5.41, 5.74) is 2.28. The number of pyridine rings is 3. The van der Waals surface area contributed by atoms with Gasteiger partial charge in [0.1, 0.15) is 16.8 Å². The Balaban J connectivity index is 2.04. The molecule has 0 unspecified atom stereocenters. The summed E-state index contributed by atoms with van der Waals surface area (Å²) in [7, 11) is 0. The third-order valence-corrected chi connectivity index (χ3v) is 6.83. The van der Waals surface area contributed by atoms with Gasteiger partial charge in [0.15, 0.2) is 5.65 Å². The molecule has 4 rings (SSSR count). The van der Waals surface area contributed by atoms with Crippen LogP contribution in [0.4, 0.5) is 5.69 Å². The average molecular weight is 511 g/mol. The molecule has 0 spiro atoms. The van der Waals surface area contributed by atoms with Crippen LogP contribution < -0.4 is 10.5 Å². The van der Waals surface area contributed by atoms with Crippen molar-refractivity contribution in [3.05, 3.63) is 68.3 Å². The summed E-state index contributed by atoms with van der Waals surface area (Å²) >= 11 is 12.7. The second kappa shape index (κ2) is 9.68. The Morgan fingerprint density at radius 3 is 2.51 bits per heavy atom. The van der Waals surface area contributed by atoms with E-state index in [1.807, 2.05) is 31.7 Å². The molecule has 1 aliphatic rings. The molecule has 0 bridgehead atoms. The van der Waals surface area contributed by atoms with E-state index in [1.54, 1.807) is 17.2 Å². The van der Waals surface area contributed by atoms with Crippen LogP contribution >= 0.6 is 23.2 Å². The lowest BCUT2D eigenvalue weighted by Gasteiger charge is -2.36. The average Bonchev–Trinajstić information content (AvgIpc) is 2.84. The fourth-order valence-corrected chi connectivity index (χ4v) is 4.73. The first-order valence-electron chi connectivity index (χ1n) is 11.2. The normalized spacial score (nSPS) is 13.9. The third kappa shape index (κ3) is 4.26. The number of carbonyl (C=O) groups is 1. The van der Waals surface area contributed by atoms with Crippen LogP contribution in [0.15, 0.2) is 35.8 Å². The first kappa shape index (κ1) is 24.7. The van der Waals surface area contributed by atoms with Crippen LogP contribution in [0, 0.1) is 18.3 Å². The molecule has 4 heterocycles. The van der Waals surface area contributed by atoms with Crippen LogP contribution in [0.2, 0.25) is 10.2 Å². The van der Waals surface area contributed by atoms with Gasteiger partial charge < -0.3 is 9.80 Å². The zero-order valence-electron chi connectivity index (χ0n) is 19.7. The van der Waals surface area contributed by atoms with Crippen molar-refractivity contribution in [2.24, 2.45) is 0 Å². The highest BCUT2D eigenvalue weighted by Gasteiger charge is 2.29. The van der Waals surface area contributed by atoms with Crippen LogP contribution in [0.25, 0.3) is 16.7 Å². The van der Waals surface area contributed by atoms with Gasteiger partial charge in [0.2, 0.25) is 5.91 Å². The molecule has 0 saturated carbocycles. The highest BCUT2D eigenvalue weighted by Crippen LogP contribution is 2.35. The van der Waals surface area contributed by atoms with Gasteiger partial charge in [0, 0.05) is 37.8 Å². The van der Waals surface area contributed by atoms with E-state index in [0.717, 1.165) is 5.56 Å². The van der Waals surface area contributed by atoms with Crippen molar-refractivity contribution in [2.75, 3.05) is 31.1 Å². The minimum atomic E-state index is -0.511. The van der Waals surface area contributed by atoms with E-state index in [2.05, 4.69) is 22.6 Å². The van der Waals surface area contributed by atoms with Crippen molar-refractivity contribution < 1.29 is 4.79 Å². The number of aromatic nitrogens is 3. The Labute approximate surface area is 213 Å². The highest BCUT2D eigenvalue weighted by atomic mass is 35.5. The standard InChI is InChI=1S/C25H24Cl2N6O2/c1-5-19(34)31-8-10-32(11-9-31)22-16-12-18(26)23(27)30-24(16)33(25(35)17(22)13-28)21-15(4)6-7-29-20(21)14(2)3/h5-7,12,14H,1,8-11H2,2-4H3. The number of halogens is 2. The van der Waals surface area contributed by atoms with Gasteiger partial charge in [-0.25, -0.2) is 4.98 Å². The SMILES string of the molecule is C=CC(=O)N1CCN(c2c(C#N)c(=O)n(-c3c(C)ccnc3C(C)C)c3nc(Cl)c(Cl)cc23)CC1. The summed E-state index contributed by atoms with van der Waals surface area (Å²) in [4.78, 5) is 38.6. The first-order valence-corrected chi connectivity index (χ1v) is 11.9. The summed E-state index contributed by atoms with van der Waals surface area (Å²) in [6.07, 6.45) is 2.98. The molecule has 180 valence electrons. The maximum Gasteiger partial charge on any atom is 0.276 e. The number of nitrogens with zero attached hydrogens (tertiary/aromatic N) is 6. The lowest BCUT2D eigenvalue weighted by molar-refractivity contribution is -0.126. The van der Waals surface area contributed by atoms with E-state index in [-0.39, 0.29) is 27.6 Å². The first-order chi connectivity index (χ1) is 16.7. The fraction of sp³-hybridized carbons (Fsp3) is 0.320. The molecule has 0 aromatic carbocycles. The molecule has 1 saturated heterocycles. The van der Waals surface area contributed by atoms with E-state index >= 15 is 0 Å². The molecule has 1 fully saturated rings. The Bertz CT molecular complexity index is 1450. The van der Waals surface area contributed by atoms with E-state index in [0.29, 0.717) is 54.3 Å². The quantitative estimate of drug-likeness (QED) is 0.385. The molecule has 0 aliphatic carbocycles. The van der Waals surface area contributed by atoms with Crippen LogP contribution in [-0.2, 0) is 4.79 Å². The minimum absolute atomic E-state index is 0.00955. The Hall–Kier alpha value is -3.41. The molecule has 35 heavy (non-hydrogen) atoms. The lowest BCUT2D eigenvalue weighted by Crippen LogP contribution is -2.49. The number of piperazine rings is 1. The molecule has 3 aromatic heterocycles. The fourth-order valence-electron chi connectivity index (χ4n) is 4.45. The second-order valence-corrected chi connectivity index (χ2v) is 9.41. The van der Waals surface area contributed by atoms with Crippen LogP contribution in [-0.4, -0.2) is 51.5 Å². The number of amides is 1. The van der Waals surface area contributed by atoms with Crippen molar-refractivity contribution >= 4 is 45.8 Å². The van der Waals surface area contributed by atoms with Gasteiger partial charge in [-0.1, -0.05) is 43.6 Å². The van der Waals surface area contributed by atoms with Gasteiger partial charge in [-0.15, -0.1) is 0 Å². The van der Waals surface area contributed by atoms with Gasteiger partial charge >= 0.3 is 0 Å². The molecule has 1 amide bonds. The molecule has 10 heteroatoms. The van der Waals surface area contributed by atoms with Crippen LogP contribution in [0.5, 0.6) is 0 Å². The topological polar surface area (TPSA) is 95.1 Å². The summed E-state index contributed by atoms with van der Waals surface area (Å²) in [5, 5.41) is 10.9. The van der Waals surface area contributed by atoms with Crippen molar-refractivity contribution in [1.82, 2.24) is 19.4 Å². The number of fused-ring (bicyclic) bond motifs is 1. The molecule has 0 atom stereocenters. The van der Waals surface area contributed by atoms with Gasteiger partial charge in [-0.05, 0) is 36.6 Å². The maximum absolute atomic E-state index is 13.9. The van der Waals surface area contributed by atoms with E-state index in [9.17, 15) is 14.9 Å². The van der Waals surface area contributed by atoms with Gasteiger partial charge in [0.25, 0.3) is 5.56 Å². The van der Waals surface area contributed by atoms with Crippen molar-refractivity contribution in [3.8, 4) is 11.8 Å². The van der Waals surface area contributed by atoms with Gasteiger partial charge in [0.05, 0.1) is 22.1 Å².